The quantitative estimate of drug-likeness (QED) is 0.257. The first-order valence-corrected chi connectivity index (χ1v) is 12.1. The zero-order valence-electron chi connectivity index (χ0n) is 18.6. The number of benzene rings is 1. The van der Waals surface area contributed by atoms with Gasteiger partial charge in [-0.05, 0) is 30.2 Å². The normalized spacial score (nSPS) is 23.3. The summed E-state index contributed by atoms with van der Waals surface area (Å²) in [5.41, 5.74) is 8.81. The van der Waals surface area contributed by atoms with Crippen LogP contribution in [0.4, 0.5) is 5.82 Å². The number of imidazole rings is 1. The molecule has 0 saturated carbocycles. The molecule has 3 aromatic rings. The van der Waals surface area contributed by atoms with Crippen LogP contribution in [-0.2, 0) is 16.1 Å². The summed E-state index contributed by atoms with van der Waals surface area (Å²) in [6.07, 6.45) is -0.560. The van der Waals surface area contributed by atoms with Crippen molar-refractivity contribution in [3.63, 3.8) is 0 Å². The Balaban J connectivity index is 1.43. The average Bonchev–Trinajstić information content (AvgIpc) is 3.37. The summed E-state index contributed by atoms with van der Waals surface area (Å²) < 4.78 is 7.54. The maximum atomic E-state index is 10.8. The highest BCUT2D eigenvalue weighted by atomic mass is 32.2. The van der Waals surface area contributed by atoms with Crippen LogP contribution in [0.5, 0.6) is 0 Å². The number of anilines is 1. The van der Waals surface area contributed by atoms with Crippen LogP contribution in [0, 0.1) is 6.92 Å². The summed E-state index contributed by atoms with van der Waals surface area (Å²) >= 11 is 1.41. The Bertz CT molecular complexity index is 1140. The van der Waals surface area contributed by atoms with Crippen molar-refractivity contribution in [2.45, 2.75) is 50.5 Å². The van der Waals surface area contributed by atoms with Gasteiger partial charge >= 0.3 is 5.97 Å². The highest BCUT2D eigenvalue weighted by Crippen LogP contribution is 2.33. The van der Waals surface area contributed by atoms with E-state index in [-0.39, 0.29) is 0 Å². The Hall–Kier alpha value is -2.77. The SMILES string of the molecule is Cc1ccccc1CNc1ncnc2c1ncn2[C@@H]1O[C@H](CSCC[C@@H](N)C(=O)O)[C@@H](O)[C@H]1O. The van der Waals surface area contributed by atoms with Crippen LogP contribution in [0.3, 0.4) is 0 Å². The summed E-state index contributed by atoms with van der Waals surface area (Å²) in [5, 5.41) is 33.3. The minimum atomic E-state index is -1.18. The lowest BCUT2D eigenvalue weighted by Gasteiger charge is -2.16. The fourth-order valence-corrected chi connectivity index (χ4v) is 4.88. The van der Waals surface area contributed by atoms with E-state index in [1.54, 1.807) is 4.57 Å². The van der Waals surface area contributed by atoms with Crippen LogP contribution >= 0.6 is 11.8 Å². The maximum absolute atomic E-state index is 10.8. The predicted molar refractivity (Wildman–Crippen MR) is 127 cm³/mol. The maximum Gasteiger partial charge on any atom is 0.320 e. The van der Waals surface area contributed by atoms with Crippen LogP contribution in [0.15, 0.2) is 36.9 Å². The van der Waals surface area contributed by atoms with Crippen molar-refractivity contribution >= 4 is 34.7 Å². The number of ether oxygens (including phenoxy) is 1. The molecule has 1 aliphatic rings. The summed E-state index contributed by atoms with van der Waals surface area (Å²) in [7, 11) is 0. The molecule has 34 heavy (non-hydrogen) atoms. The number of rotatable bonds is 10. The van der Waals surface area contributed by atoms with Gasteiger partial charge < -0.3 is 31.1 Å². The molecule has 11 nitrogen and oxygen atoms in total. The van der Waals surface area contributed by atoms with Gasteiger partial charge in [-0.25, -0.2) is 15.0 Å². The third-order valence-corrected chi connectivity index (χ3v) is 6.94. The Morgan fingerprint density at radius 3 is 2.82 bits per heavy atom. The summed E-state index contributed by atoms with van der Waals surface area (Å²) in [5.74, 6) is 0.390. The zero-order chi connectivity index (χ0) is 24.2. The molecule has 12 heteroatoms. The Kier molecular flexibility index (Phi) is 7.63. The number of aliphatic hydroxyl groups is 2. The Morgan fingerprint density at radius 2 is 2.06 bits per heavy atom. The summed E-state index contributed by atoms with van der Waals surface area (Å²) in [6.45, 7) is 2.61. The third kappa shape index (κ3) is 5.15. The van der Waals surface area contributed by atoms with Crippen LogP contribution in [-0.4, -0.2) is 76.7 Å². The second-order valence-electron chi connectivity index (χ2n) is 8.18. The molecule has 6 N–H and O–H groups in total. The predicted octanol–water partition coefficient (Wildman–Crippen LogP) is 0.901. The van der Waals surface area contributed by atoms with E-state index in [2.05, 4.69) is 20.3 Å². The number of aromatic nitrogens is 4. The van der Waals surface area contributed by atoms with E-state index in [1.165, 1.54) is 24.4 Å². The second-order valence-corrected chi connectivity index (χ2v) is 9.33. The largest absolute Gasteiger partial charge is 0.480 e. The standard InChI is InChI=1S/C22H28N6O5S/c1-12-4-2-3-5-13(12)8-24-19-16-20(26-10-25-19)28(11-27-16)21-18(30)17(29)15(33-21)9-34-7-6-14(23)22(31)32/h2-5,10-11,14-15,17-18,21,29-30H,6-9,23H2,1H3,(H,31,32)(H,24,25,26)/t14-,15-,17-,18-,21-/m1/s1. The Morgan fingerprint density at radius 1 is 1.26 bits per heavy atom. The third-order valence-electron chi connectivity index (χ3n) is 5.85. The summed E-state index contributed by atoms with van der Waals surface area (Å²) in [4.78, 5) is 23.9. The highest BCUT2D eigenvalue weighted by Gasteiger charge is 2.44. The zero-order valence-corrected chi connectivity index (χ0v) is 19.4. The molecule has 0 spiro atoms. The minimum absolute atomic E-state index is 0.302. The molecular formula is C22H28N6O5S. The van der Waals surface area contributed by atoms with E-state index in [1.807, 2.05) is 31.2 Å². The van der Waals surface area contributed by atoms with Crippen molar-refractivity contribution in [3.05, 3.63) is 48.0 Å². The van der Waals surface area contributed by atoms with Gasteiger partial charge in [0.25, 0.3) is 0 Å². The number of nitrogens with zero attached hydrogens (tertiary/aromatic N) is 4. The van der Waals surface area contributed by atoms with E-state index in [4.69, 9.17) is 15.6 Å². The molecule has 5 atom stereocenters. The molecule has 1 aromatic carbocycles. The van der Waals surface area contributed by atoms with Gasteiger partial charge in [-0.1, -0.05) is 24.3 Å². The first-order valence-electron chi connectivity index (χ1n) is 10.9. The van der Waals surface area contributed by atoms with Gasteiger partial charge in [-0.3, -0.25) is 9.36 Å². The van der Waals surface area contributed by atoms with E-state index >= 15 is 0 Å². The first kappa shape index (κ1) is 24.4. The number of nitrogens with two attached hydrogens (primary N) is 1. The lowest BCUT2D eigenvalue weighted by molar-refractivity contribution is -0.138. The molecule has 0 aliphatic carbocycles. The van der Waals surface area contributed by atoms with Crippen molar-refractivity contribution in [3.8, 4) is 0 Å². The number of fused-ring (bicyclic) bond motifs is 1. The van der Waals surface area contributed by atoms with Crippen molar-refractivity contribution in [1.29, 1.82) is 0 Å². The molecule has 2 aromatic heterocycles. The van der Waals surface area contributed by atoms with Crippen molar-refractivity contribution in [1.82, 2.24) is 19.5 Å². The number of hydrogen-bond acceptors (Lipinski definition) is 10. The Labute approximate surface area is 200 Å². The minimum Gasteiger partial charge on any atom is -0.480 e. The highest BCUT2D eigenvalue weighted by molar-refractivity contribution is 7.99. The molecule has 1 aliphatic heterocycles. The van der Waals surface area contributed by atoms with E-state index in [0.29, 0.717) is 41.5 Å². The number of carboxylic acids is 1. The molecule has 4 rings (SSSR count). The van der Waals surface area contributed by atoms with Crippen LogP contribution in [0.25, 0.3) is 11.2 Å². The van der Waals surface area contributed by atoms with Gasteiger partial charge in [-0.2, -0.15) is 11.8 Å². The van der Waals surface area contributed by atoms with E-state index in [0.717, 1.165) is 11.1 Å². The van der Waals surface area contributed by atoms with Crippen molar-refractivity contribution in [2.75, 3.05) is 16.8 Å². The van der Waals surface area contributed by atoms with E-state index < -0.39 is 36.6 Å². The van der Waals surface area contributed by atoms with Gasteiger partial charge in [0.1, 0.15) is 24.6 Å². The van der Waals surface area contributed by atoms with Gasteiger partial charge in [0.05, 0.1) is 12.4 Å². The van der Waals surface area contributed by atoms with E-state index in [9.17, 15) is 15.0 Å². The molecule has 0 amide bonds. The first-order chi connectivity index (χ1) is 16.4. The van der Waals surface area contributed by atoms with Gasteiger partial charge in [-0.15, -0.1) is 0 Å². The lowest BCUT2D eigenvalue weighted by Crippen LogP contribution is -2.33. The van der Waals surface area contributed by atoms with Gasteiger partial charge in [0.15, 0.2) is 23.2 Å². The fraction of sp³-hybridized carbons (Fsp3) is 0.455. The number of aliphatic carboxylic acids is 1. The topological polar surface area (TPSA) is 169 Å². The van der Waals surface area contributed by atoms with Crippen molar-refractivity contribution in [2.24, 2.45) is 5.73 Å². The molecule has 0 unspecified atom stereocenters. The van der Waals surface area contributed by atoms with Crippen molar-refractivity contribution < 1.29 is 24.9 Å². The van der Waals surface area contributed by atoms with Crippen LogP contribution in [0.1, 0.15) is 23.8 Å². The molecule has 1 saturated heterocycles. The fourth-order valence-electron chi connectivity index (χ4n) is 3.78. The molecule has 3 heterocycles. The number of aliphatic hydroxyl groups excluding tert-OH is 2. The van der Waals surface area contributed by atoms with Crippen LogP contribution < -0.4 is 11.1 Å². The van der Waals surface area contributed by atoms with Crippen LogP contribution in [0.2, 0.25) is 0 Å². The monoisotopic (exact) mass is 488 g/mol. The number of thioether (sulfide) groups is 1. The van der Waals surface area contributed by atoms with Gasteiger partial charge in [0.2, 0.25) is 0 Å². The molecular weight excluding hydrogens is 460 g/mol. The molecule has 0 bridgehead atoms. The number of carboxylic acid groups (broad SMARTS) is 1. The average molecular weight is 489 g/mol. The smallest absolute Gasteiger partial charge is 0.320 e. The number of aryl methyl sites for hydroxylation is 1. The van der Waals surface area contributed by atoms with Gasteiger partial charge in [0, 0.05) is 12.3 Å². The molecule has 1 fully saturated rings. The summed E-state index contributed by atoms with van der Waals surface area (Å²) in [6, 6.07) is 7.12. The molecule has 182 valence electrons. The second kappa shape index (κ2) is 10.7. The number of hydrogen-bond donors (Lipinski definition) is 5. The lowest BCUT2D eigenvalue weighted by atomic mass is 10.1. The number of carbonyl (C=O) groups is 1. The number of nitrogens with one attached hydrogen (secondary N) is 1. The molecule has 0 radical (unpaired) electrons.